The number of hydrogen-bond donors (Lipinski definition) is 2. The highest BCUT2D eigenvalue weighted by molar-refractivity contribution is 5.67. The summed E-state index contributed by atoms with van der Waals surface area (Å²) >= 11 is 0. The number of esters is 1. The lowest BCUT2D eigenvalue weighted by molar-refractivity contribution is -0.142. The van der Waals surface area contributed by atoms with Crippen molar-refractivity contribution in [2.75, 3.05) is 19.8 Å². The second-order valence-electron chi connectivity index (χ2n) is 5.69. The minimum Gasteiger partial charge on any atom is -0.465 e. The summed E-state index contributed by atoms with van der Waals surface area (Å²) in [7, 11) is 0. The van der Waals surface area contributed by atoms with Gasteiger partial charge in [0.25, 0.3) is 0 Å². The van der Waals surface area contributed by atoms with Crippen molar-refractivity contribution in [3.05, 3.63) is 35.9 Å². The number of benzene rings is 1. The fourth-order valence-electron chi connectivity index (χ4n) is 2.16. The minimum atomic E-state index is -0.415. The van der Waals surface area contributed by atoms with E-state index in [0.29, 0.717) is 6.54 Å². The first-order valence-electron chi connectivity index (χ1n) is 8.30. The predicted molar refractivity (Wildman–Crippen MR) is 90.3 cm³/mol. The third-order valence-electron chi connectivity index (χ3n) is 3.55. The first-order valence-corrected chi connectivity index (χ1v) is 8.30. The predicted octanol–water partition coefficient (Wildman–Crippen LogP) is 2.64. The molecule has 0 bridgehead atoms. The van der Waals surface area contributed by atoms with E-state index in [2.05, 4.69) is 5.32 Å². The van der Waals surface area contributed by atoms with Crippen LogP contribution < -0.4 is 5.32 Å². The molecule has 1 amide bonds. The maximum atomic E-state index is 11.5. The van der Waals surface area contributed by atoms with Crippen LogP contribution in [0, 0.1) is 5.92 Å². The third kappa shape index (κ3) is 9.84. The molecule has 0 fully saturated rings. The van der Waals surface area contributed by atoms with E-state index < -0.39 is 6.09 Å². The number of rotatable bonds is 11. The number of nitrogens with one attached hydrogen (secondary N) is 1. The van der Waals surface area contributed by atoms with E-state index in [4.69, 9.17) is 9.47 Å². The molecule has 6 heteroatoms. The molecular weight excluding hydrogens is 310 g/mol. The van der Waals surface area contributed by atoms with Gasteiger partial charge in [0.2, 0.25) is 0 Å². The van der Waals surface area contributed by atoms with Crippen molar-refractivity contribution in [2.24, 2.45) is 5.92 Å². The largest absolute Gasteiger partial charge is 0.465 e. The molecule has 24 heavy (non-hydrogen) atoms. The van der Waals surface area contributed by atoms with Crippen LogP contribution in [0.1, 0.15) is 38.2 Å². The fraction of sp³-hybridized carbons (Fsp3) is 0.556. The number of ether oxygens (including phenoxy) is 2. The Balaban J connectivity index is 2.00. The van der Waals surface area contributed by atoms with Gasteiger partial charge in [0.1, 0.15) is 6.61 Å². The molecule has 0 unspecified atom stereocenters. The van der Waals surface area contributed by atoms with Crippen LogP contribution in [-0.4, -0.2) is 36.9 Å². The van der Waals surface area contributed by atoms with Crippen LogP contribution in [0.5, 0.6) is 0 Å². The van der Waals surface area contributed by atoms with Gasteiger partial charge >= 0.3 is 12.1 Å². The molecular formula is C18H27NO5. The van der Waals surface area contributed by atoms with Crippen LogP contribution in [-0.2, 0) is 20.9 Å². The van der Waals surface area contributed by atoms with Crippen molar-refractivity contribution in [2.45, 2.75) is 39.2 Å². The SMILES string of the molecule is CC(=O)OC[C@@H](CO)CCCCCNC(=O)OCc1ccccc1. The normalized spacial score (nSPS) is 11.6. The first-order chi connectivity index (χ1) is 11.6. The number of aliphatic hydroxyl groups excluding tert-OH is 1. The van der Waals surface area contributed by atoms with Crippen LogP contribution in [0.4, 0.5) is 4.79 Å². The molecule has 0 saturated carbocycles. The lowest BCUT2D eigenvalue weighted by Crippen LogP contribution is -2.25. The van der Waals surface area contributed by atoms with Crippen LogP contribution in [0.25, 0.3) is 0 Å². The zero-order valence-electron chi connectivity index (χ0n) is 14.2. The third-order valence-corrected chi connectivity index (χ3v) is 3.55. The average molecular weight is 337 g/mol. The highest BCUT2D eigenvalue weighted by atomic mass is 16.5. The zero-order chi connectivity index (χ0) is 17.6. The number of carbonyl (C=O) groups is 2. The van der Waals surface area contributed by atoms with Crippen molar-refractivity contribution in [1.82, 2.24) is 5.32 Å². The molecule has 1 atom stereocenters. The molecule has 134 valence electrons. The van der Waals surface area contributed by atoms with Crippen molar-refractivity contribution >= 4 is 12.1 Å². The van der Waals surface area contributed by atoms with Gasteiger partial charge in [-0.15, -0.1) is 0 Å². The number of unbranched alkanes of at least 4 members (excludes halogenated alkanes) is 2. The van der Waals surface area contributed by atoms with E-state index >= 15 is 0 Å². The molecule has 0 aromatic heterocycles. The van der Waals surface area contributed by atoms with E-state index in [1.165, 1.54) is 6.92 Å². The van der Waals surface area contributed by atoms with Crippen molar-refractivity contribution < 1.29 is 24.2 Å². The van der Waals surface area contributed by atoms with Gasteiger partial charge in [-0.2, -0.15) is 0 Å². The minimum absolute atomic E-state index is 0.0113. The standard InChI is InChI=1S/C18H27NO5/c1-15(21)23-14-17(12-20)10-6-3-7-11-19-18(22)24-13-16-8-4-2-5-9-16/h2,4-5,8-9,17,20H,3,6-7,10-14H2,1H3,(H,19,22)/t17-/m1/s1. The van der Waals surface area contributed by atoms with E-state index in [0.717, 1.165) is 31.2 Å². The van der Waals surface area contributed by atoms with E-state index in [-0.39, 0.29) is 31.7 Å². The Morgan fingerprint density at radius 2 is 1.88 bits per heavy atom. The number of amides is 1. The van der Waals surface area contributed by atoms with E-state index in [1.807, 2.05) is 30.3 Å². The van der Waals surface area contributed by atoms with Crippen LogP contribution in [0.15, 0.2) is 30.3 Å². The topological polar surface area (TPSA) is 84.9 Å². The van der Waals surface area contributed by atoms with Gasteiger partial charge in [0.15, 0.2) is 0 Å². The summed E-state index contributed by atoms with van der Waals surface area (Å²) in [5.74, 6) is -0.343. The van der Waals surface area contributed by atoms with E-state index in [1.54, 1.807) is 0 Å². The maximum Gasteiger partial charge on any atom is 0.407 e. The summed E-state index contributed by atoms with van der Waals surface area (Å²) < 4.78 is 10.0. The lowest BCUT2D eigenvalue weighted by Gasteiger charge is -2.13. The zero-order valence-corrected chi connectivity index (χ0v) is 14.2. The van der Waals surface area contributed by atoms with Crippen LogP contribution in [0.2, 0.25) is 0 Å². The van der Waals surface area contributed by atoms with Crippen molar-refractivity contribution in [3.8, 4) is 0 Å². The molecule has 0 aliphatic carbocycles. The molecule has 1 rings (SSSR count). The molecule has 1 aromatic rings. The van der Waals surface area contributed by atoms with Gasteiger partial charge in [-0.05, 0) is 18.4 Å². The smallest absolute Gasteiger partial charge is 0.407 e. The highest BCUT2D eigenvalue weighted by Crippen LogP contribution is 2.10. The van der Waals surface area contributed by atoms with Crippen molar-refractivity contribution in [1.29, 1.82) is 0 Å². The molecule has 0 spiro atoms. The average Bonchev–Trinajstić information content (AvgIpc) is 2.59. The molecule has 6 nitrogen and oxygen atoms in total. The molecule has 2 N–H and O–H groups in total. The Hall–Kier alpha value is -2.08. The Morgan fingerprint density at radius 3 is 2.54 bits per heavy atom. The first kappa shape index (κ1) is 20.0. The summed E-state index contributed by atoms with van der Waals surface area (Å²) in [6.45, 7) is 2.45. The Kier molecular flexibility index (Phi) is 10.3. The van der Waals surface area contributed by atoms with Gasteiger partial charge in [0.05, 0.1) is 6.61 Å². The van der Waals surface area contributed by atoms with Crippen LogP contribution >= 0.6 is 0 Å². The fourth-order valence-corrected chi connectivity index (χ4v) is 2.16. The number of aliphatic hydroxyl groups is 1. The molecule has 0 aliphatic rings. The monoisotopic (exact) mass is 337 g/mol. The summed E-state index contributed by atoms with van der Waals surface area (Å²) in [6.07, 6.45) is 3.05. The lowest BCUT2D eigenvalue weighted by atomic mass is 10.0. The van der Waals surface area contributed by atoms with Gasteiger partial charge in [-0.1, -0.05) is 43.2 Å². The summed E-state index contributed by atoms with van der Waals surface area (Å²) in [5, 5.41) is 11.9. The quantitative estimate of drug-likeness (QED) is 0.479. The van der Waals surface area contributed by atoms with Crippen LogP contribution in [0.3, 0.4) is 0 Å². The summed E-state index contributed by atoms with van der Waals surface area (Å²) in [5.41, 5.74) is 0.954. The van der Waals surface area contributed by atoms with E-state index in [9.17, 15) is 14.7 Å². The number of alkyl carbamates (subject to hydrolysis) is 1. The maximum absolute atomic E-state index is 11.5. The molecule has 0 radical (unpaired) electrons. The molecule has 1 aromatic carbocycles. The highest BCUT2D eigenvalue weighted by Gasteiger charge is 2.09. The van der Waals surface area contributed by atoms with Gasteiger partial charge < -0.3 is 19.9 Å². The van der Waals surface area contributed by atoms with Crippen molar-refractivity contribution in [3.63, 3.8) is 0 Å². The summed E-state index contributed by atoms with van der Waals surface area (Å²) in [4.78, 5) is 22.3. The Morgan fingerprint density at radius 1 is 1.12 bits per heavy atom. The molecule has 0 aliphatic heterocycles. The van der Waals surface area contributed by atoms with Gasteiger partial charge in [0, 0.05) is 26.0 Å². The Bertz CT molecular complexity index is 478. The summed E-state index contributed by atoms with van der Waals surface area (Å²) in [6, 6.07) is 9.52. The molecule has 0 saturated heterocycles. The van der Waals surface area contributed by atoms with Gasteiger partial charge in [-0.3, -0.25) is 4.79 Å². The second kappa shape index (κ2) is 12.4. The molecule has 0 heterocycles. The van der Waals surface area contributed by atoms with Gasteiger partial charge in [-0.25, -0.2) is 4.79 Å². The second-order valence-corrected chi connectivity index (χ2v) is 5.69. The Labute approximate surface area is 143 Å². The number of hydrogen-bond acceptors (Lipinski definition) is 5. The number of carbonyl (C=O) groups excluding carboxylic acids is 2.